The zero-order valence-corrected chi connectivity index (χ0v) is 11.6. The Bertz CT molecular complexity index is 460. The first kappa shape index (κ1) is 13.3. The van der Waals surface area contributed by atoms with Gasteiger partial charge in [0, 0.05) is 49.8 Å². The van der Waals surface area contributed by atoms with Crippen molar-refractivity contribution in [2.24, 2.45) is 5.73 Å². The van der Waals surface area contributed by atoms with Gasteiger partial charge < -0.3 is 5.73 Å². The van der Waals surface area contributed by atoms with Crippen LogP contribution in [-0.2, 0) is 6.42 Å². The molecule has 104 valence electrons. The van der Waals surface area contributed by atoms with Gasteiger partial charge in [0.05, 0.1) is 0 Å². The molecule has 5 heteroatoms. The number of rotatable bonds is 3. The summed E-state index contributed by atoms with van der Waals surface area (Å²) in [6.45, 7) is 5.56. The summed E-state index contributed by atoms with van der Waals surface area (Å²) in [4.78, 5) is 4.94. The number of halogens is 2. The van der Waals surface area contributed by atoms with Crippen molar-refractivity contribution < 1.29 is 4.39 Å². The van der Waals surface area contributed by atoms with Gasteiger partial charge in [0.15, 0.2) is 0 Å². The maximum Gasteiger partial charge on any atom is 0.124 e. The fourth-order valence-corrected chi connectivity index (χ4v) is 3.39. The molecule has 0 spiro atoms. The van der Waals surface area contributed by atoms with Crippen molar-refractivity contribution in [3.8, 4) is 0 Å². The molecule has 0 saturated carbocycles. The van der Waals surface area contributed by atoms with Gasteiger partial charge in [0.2, 0.25) is 0 Å². The molecule has 1 aromatic rings. The Hall–Kier alpha value is -0.680. The van der Waals surface area contributed by atoms with E-state index in [2.05, 4.69) is 9.80 Å². The van der Waals surface area contributed by atoms with Crippen LogP contribution in [0.1, 0.15) is 5.56 Å². The van der Waals surface area contributed by atoms with E-state index in [9.17, 15) is 4.39 Å². The lowest BCUT2D eigenvalue weighted by Crippen LogP contribution is -2.66. The molecule has 4 rings (SSSR count). The molecule has 2 N–H and O–H groups in total. The van der Waals surface area contributed by atoms with Crippen molar-refractivity contribution in [2.45, 2.75) is 18.5 Å². The molecule has 0 aliphatic carbocycles. The van der Waals surface area contributed by atoms with E-state index in [1.807, 2.05) is 0 Å². The van der Waals surface area contributed by atoms with E-state index >= 15 is 0 Å². The Morgan fingerprint density at radius 1 is 1.32 bits per heavy atom. The van der Waals surface area contributed by atoms with Crippen molar-refractivity contribution in [3.05, 3.63) is 34.6 Å². The minimum Gasteiger partial charge on any atom is -0.326 e. The van der Waals surface area contributed by atoms with E-state index in [0.717, 1.165) is 38.3 Å². The Morgan fingerprint density at radius 3 is 2.63 bits per heavy atom. The molecule has 2 unspecified atom stereocenters. The number of fused-ring (bicyclic) bond motifs is 3. The first-order chi connectivity index (χ1) is 9.13. The molecular formula is C14H19ClFN3. The van der Waals surface area contributed by atoms with Gasteiger partial charge in [-0.1, -0.05) is 17.7 Å². The Labute approximate surface area is 118 Å². The van der Waals surface area contributed by atoms with Crippen molar-refractivity contribution in [3.63, 3.8) is 0 Å². The van der Waals surface area contributed by atoms with Crippen LogP contribution in [0.15, 0.2) is 18.2 Å². The Kier molecular flexibility index (Phi) is 3.76. The SMILES string of the molecule is NC(Cc1ccc(F)cc1Cl)C1CN2CCN1CC2. The average molecular weight is 284 g/mol. The molecule has 0 radical (unpaired) electrons. The first-order valence-corrected chi connectivity index (χ1v) is 7.17. The van der Waals surface area contributed by atoms with Crippen molar-refractivity contribution >= 4 is 11.6 Å². The van der Waals surface area contributed by atoms with E-state index in [4.69, 9.17) is 17.3 Å². The number of nitrogens with two attached hydrogens (primary N) is 1. The van der Waals surface area contributed by atoms with E-state index in [-0.39, 0.29) is 11.9 Å². The van der Waals surface area contributed by atoms with Gasteiger partial charge in [-0.25, -0.2) is 4.39 Å². The normalized spacial score (nSPS) is 31.4. The predicted molar refractivity (Wildman–Crippen MR) is 74.9 cm³/mol. The molecule has 3 fully saturated rings. The van der Waals surface area contributed by atoms with Crippen LogP contribution in [0.3, 0.4) is 0 Å². The highest BCUT2D eigenvalue weighted by molar-refractivity contribution is 6.31. The van der Waals surface area contributed by atoms with Gasteiger partial charge >= 0.3 is 0 Å². The van der Waals surface area contributed by atoms with Crippen LogP contribution in [0.5, 0.6) is 0 Å². The summed E-state index contributed by atoms with van der Waals surface area (Å²) in [5, 5.41) is 0.478. The summed E-state index contributed by atoms with van der Waals surface area (Å²) in [6.07, 6.45) is 0.702. The maximum absolute atomic E-state index is 13.0. The lowest BCUT2D eigenvalue weighted by atomic mass is 9.95. The monoisotopic (exact) mass is 283 g/mol. The molecule has 3 aliphatic heterocycles. The van der Waals surface area contributed by atoms with Crippen LogP contribution in [0.25, 0.3) is 0 Å². The number of piperazine rings is 3. The van der Waals surface area contributed by atoms with Crippen LogP contribution >= 0.6 is 11.6 Å². The molecule has 2 bridgehead atoms. The maximum atomic E-state index is 13.0. The third kappa shape index (κ3) is 2.77. The first-order valence-electron chi connectivity index (χ1n) is 6.79. The lowest BCUT2D eigenvalue weighted by Gasteiger charge is -2.49. The highest BCUT2D eigenvalue weighted by atomic mass is 35.5. The molecule has 3 heterocycles. The number of nitrogens with zero attached hydrogens (tertiary/aromatic N) is 2. The van der Waals surface area contributed by atoms with Crippen molar-refractivity contribution in [1.82, 2.24) is 9.80 Å². The molecule has 1 aromatic carbocycles. The molecule has 19 heavy (non-hydrogen) atoms. The zero-order chi connectivity index (χ0) is 13.4. The molecular weight excluding hydrogens is 265 g/mol. The van der Waals surface area contributed by atoms with Crippen LogP contribution < -0.4 is 5.73 Å². The Balaban J connectivity index is 1.69. The quantitative estimate of drug-likeness (QED) is 0.909. The highest BCUT2D eigenvalue weighted by Crippen LogP contribution is 2.23. The van der Waals surface area contributed by atoms with Crippen LogP contribution in [-0.4, -0.2) is 54.6 Å². The standard InChI is InChI=1S/C14H19ClFN3/c15-12-8-11(16)2-1-10(12)7-13(17)14-9-18-3-5-19(14)6-4-18/h1-2,8,13-14H,3-7,9,17H2. The van der Waals surface area contributed by atoms with Gasteiger partial charge in [-0.2, -0.15) is 0 Å². The van der Waals surface area contributed by atoms with Crippen LogP contribution in [0.4, 0.5) is 4.39 Å². The lowest BCUT2D eigenvalue weighted by molar-refractivity contribution is 0.00259. The smallest absolute Gasteiger partial charge is 0.124 e. The summed E-state index contributed by atoms with van der Waals surface area (Å²) >= 11 is 6.07. The fourth-order valence-electron chi connectivity index (χ4n) is 3.14. The minimum absolute atomic E-state index is 0.0473. The van der Waals surface area contributed by atoms with Gasteiger partial charge in [-0.3, -0.25) is 9.80 Å². The van der Waals surface area contributed by atoms with Gasteiger partial charge in [0.25, 0.3) is 0 Å². The fraction of sp³-hybridized carbons (Fsp3) is 0.571. The van der Waals surface area contributed by atoms with E-state index < -0.39 is 0 Å². The number of hydrogen-bond acceptors (Lipinski definition) is 3. The summed E-state index contributed by atoms with van der Waals surface area (Å²) in [6, 6.07) is 4.99. The third-order valence-electron chi connectivity index (χ3n) is 4.29. The number of hydrogen-bond donors (Lipinski definition) is 1. The second kappa shape index (κ2) is 5.37. The van der Waals surface area contributed by atoms with E-state index in [0.29, 0.717) is 17.5 Å². The summed E-state index contributed by atoms with van der Waals surface area (Å²) in [7, 11) is 0. The molecule has 2 atom stereocenters. The molecule has 3 saturated heterocycles. The number of benzene rings is 1. The van der Waals surface area contributed by atoms with Gasteiger partial charge in [-0.05, 0) is 24.1 Å². The summed E-state index contributed by atoms with van der Waals surface area (Å²) in [5.41, 5.74) is 7.29. The second-order valence-electron chi connectivity index (χ2n) is 5.51. The highest BCUT2D eigenvalue weighted by Gasteiger charge is 2.35. The van der Waals surface area contributed by atoms with E-state index in [1.165, 1.54) is 12.1 Å². The summed E-state index contributed by atoms with van der Waals surface area (Å²) in [5.74, 6) is -0.297. The Morgan fingerprint density at radius 2 is 2.05 bits per heavy atom. The predicted octanol–water partition coefficient (Wildman–Crippen LogP) is 1.35. The zero-order valence-electron chi connectivity index (χ0n) is 10.9. The van der Waals surface area contributed by atoms with Crippen molar-refractivity contribution in [1.29, 1.82) is 0 Å². The third-order valence-corrected chi connectivity index (χ3v) is 4.64. The largest absolute Gasteiger partial charge is 0.326 e. The van der Waals surface area contributed by atoms with Crippen molar-refractivity contribution in [2.75, 3.05) is 32.7 Å². The van der Waals surface area contributed by atoms with Gasteiger partial charge in [0.1, 0.15) is 5.82 Å². The van der Waals surface area contributed by atoms with E-state index in [1.54, 1.807) is 6.07 Å². The van der Waals surface area contributed by atoms with Crippen LogP contribution in [0, 0.1) is 5.82 Å². The molecule has 3 nitrogen and oxygen atoms in total. The van der Waals surface area contributed by atoms with Crippen LogP contribution in [0.2, 0.25) is 5.02 Å². The molecule has 0 aromatic heterocycles. The topological polar surface area (TPSA) is 32.5 Å². The van der Waals surface area contributed by atoms with Gasteiger partial charge in [-0.15, -0.1) is 0 Å². The second-order valence-corrected chi connectivity index (χ2v) is 5.91. The molecule has 3 aliphatic rings. The average Bonchev–Trinajstić information content (AvgIpc) is 2.43. The molecule has 0 amide bonds. The summed E-state index contributed by atoms with van der Waals surface area (Å²) < 4.78 is 13.0. The minimum atomic E-state index is -0.297.